The quantitative estimate of drug-likeness (QED) is 0.140. The minimum Gasteiger partial charge on any atom is -0.418 e. The van der Waals surface area contributed by atoms with E-state index in [1.165, 1.54) is 33.6 Å². The molecule has 0 spiro atoms. The number of halogens is 4. The summed E-state index contributed by atoms with van der Waals surface area (Å²) >= 11 is 4.53. The van der Waals surface area contributed by atoms with Crippen LogP contribution >= 0.6 is 12.6 Å². The van der Waals surface area contributed by atoms with Gasteiger partial charge in [0.1, 0.15) is 0 Å². The lowest BCUT2D eigenvalue weighted by molar-refractivity contribution is -0.670. The van der Waals surface area contributed by atoms with E-state index in [0.717, 1.165) is 12.3 Å². The van der Waals surface area contributed by atoms with E-state index in [2.05, 4.69) is 120 Å². The van der Waals surface area contributed by atoms with Gasteiger partial charge >= 0.3 is 7.25 Å². The second-order valence-corrected chi connectivity index (χ2v) is 7.43. The maximum atomic E-state index is 9.75. The minimum atomic E-state index is -6.00. The molecule has 0 aliphatic carbocycles. The van der Waals surface area contributed by atoms with Gasteiger partial charge < -0.3 is 17.3 Å². The molecule has 0 aliphatic heterocycles. The SMILES string of the molecule is F[B-](F)(F)F.SCC[n+]1c(-c2ccccc2)cc(-c2ccccc2)cc1-c1ccccc1. The molecule has 0 unspecified atom stereocenters. The fourth-order valence-corrected chi connectivity index (χ4v) is 3.66. The van der Waals surface area contributed by atoms with E-state index in [4.69, 9.17) is 0 Å². The number of nitrogens with zero attached hydrogens (tertiary/aromatic N) is 1. The van der Waals surface area contributed by atoms with Crippen molar-refractivity contribution in [3.8, 4) is 33.6 Å². The summed E-state index contributed by atoms with van der Waals surface area (Å²) in [6, 6.07) is 36.4. The van der Waals surface area contributed by atoms with E-state index < -0.39 is 7.25 Å². The van der Waals surface area contributed by atoms with Gasteiger partial charge in [0, 0.05) is 29.0 Å². The van der Waals surface area contributed by atoms with Gasteiger partial charge in [0.15, 0.2) is 6.54 Å². The minimum absolute atomic E-state index is 0.787. The Morgan fingerprint density at radius 1 is 0.562 bits per heavy atom. The summed E-state index contributed by atoms with van der Waals surface area (Å²) < 4.78 is 41.4. The van der Waals surface area contributed by atoms with Crippen molar-refractivity contribution in [2.24, 2.45) is 0 Å². The monoisotopic (exact) mass is 455 g/mol. The van der Waals surface area contributed by atoms with Crippen LogP contribution in [0.3, 0.4) is 0 Å². The molecule has 1 aromatic heterocycles. The number of hydrogen-bond donors (Lipinski definition) is 1. The van der Waals surface area contributed by atoms with Crippen molar-refractivity contribution in [2.75, 3.05) is 5.75 Å². The van der Waals surface area contributed by atoms with Gasteiger partial charge in [0.2, 0.25) is 11.4 Å². The average Bonchev–Trinajstić information content (AvgIpc) is 2.80. The van der Waals surface area contributed by atoms with Gasteiger partial charge in [-0.1, -0.05) is 66.7 Å². The van der Waals surface area contributed by atoms with Crippen LogP contribution in [0.5, 0.6) is 0 Å². The molecule has 4 rings (SSSR count). The summed E-state index contributed by atoms with van der Waals surface area (Å²) in [7, 11) is -6.00. The van der Waals surface area contributed by atoms with Gasteiger partial charge in [0.25, 0.3) is 0 Å². The van der Waals surface area contributed by atoms with Crippen LogP contribution in [0.4, 0.5) is 17.3 Å². The van der Waals surface area contributed by atoms with Crippen molar-refractivity contribution >= 4 is 19.9 Å². The molecule has 3 aromatic carbocycles. The molecule has 0 saturated heterocycles. The molecule has 1 heterocycles. The Bertz CT molecular complexity index is 1050. The highest BCUT2D eigenvalue weighted by Crippen LogP contribution is 2.29. The molecule has 32 heavy (non-hydrogen) atoms. The van der Waals surface area contributed by atoms with E-state index in [0.29, 0.717) is 0 Å². The molecule has 0 fully saturated rings. The molecular formula is C25H22BF4NS. The molecule has 0 amide bonds. The summed E-state index contributed by atoms with van der Waals surface area (Å²) in [6.07, 6.45) is 0. The lowest BCUT2D eigenvalue weighted by Crippen LogP contribution is -2.40. The van der Waals surface area contributed by atoms with Crippen molar-refractivity contribution in [1.29, 1.82) is 0 Å². The van der Waals surface area contributed by atoms with Crippen LogP contribution in [0, 0.1) is 0 Å². The third-order valence-electron chi connectivity index (χ3n) is 4.74. The van der Waals surface area contributed by atoms with Gasteiger partial charge in [-0.25, -0.2) is 0 Å². The Hall–Kier alpha value is -3.06. The second-order valence-electron chi connectivity index (χ2n) is 6.98. The lowest BCUT2D eigenvalue weighted by Gasteiger charge is -2.12. The van der Waals surface area contributed by atoms with Crippen LogP contribution in [0.25, 0.3) is 33.6 Å². The molecule has 4 aromatic rings. The number of aromatic nitrogens is 1. The normalized spacial score (nSPS) is 10.9. The van der Waals surface area contributed by atoms with Gasteiger partial charge in [-0.3, -0.25) is 0 Å². The van der Waals surface area contributed by atoms with Crippen LogP contribution in [-0.2, 0) is 6.54 Å². The highest BCUT2D eigenvalue weighted by Gasteiger charge is 2.22. The molecule has 164 valence electrons. The first-order valence-corrected chi connectivity index (χ1v) is 10.7. The van der Waals surface area contributed by atoms with Crippen molar-refractivity contribution in [3.05, 3.63) is 103 Å². The first kappa shape index (κ1) is 23.6. The summed E-state index contributed by atoms with van der Waals surface area (Å²) in [6.45, 7) is 0.854. The zero-order chi connectivity index (χ0) is 23.0. The summed E-state index contributed by atoms with van der Waals surface area (Å²) in [5, 5.41) is 0. The number of benzene rings is 3. The molecule has 0 aliphatic rings. The molecule has 0 N–H and O–H groups in total. The number of pyridine rings is 1. The lowest BCUT2D eigenvalue weighted by atomic mass is 9.99. The second kappa shape index (κ2) is 11.0. The predicted octanol–water partition coefficient (Wildman–Crippen LogP) is 7.20. The van der Waals surface area contributed by atoms with Crippen LogP contribution in [-0.4, -0.2) is 13.0 Å². The summed E-state index contributed by atoms with van der Waals surface area (Å²) in [4.78, 5) is 0. The Morgan fingerprint density at radius 2 is 0.906 bits per heavy atom. The van der Waals surface area contributed by atoms with Gasteiger partial charge in [0.05, 0.1) is 0 Å². The summed E-state index contributed by atoms with van der Waals surface area (Å²) in [5.74, 6) is 0.787. The zero-order valence-corrected chi connectivity index (χ0v) is 18.1. The number of hydrogen-bond acceptors (Lipinski definition) is 1. The van der Waals surface area contributed by atoms with Crippen LogP contribution in [0.15, 0.2) is 103 Å². The van der Waals surface area contributed by atoms with E-state index >= 15 is 0 Å². The van der Waals surface area contributed by atoms with Crippen LogP contribution in [0.2, 0.25) is 0 Å². The van der Waals surface area contributed by atoms with Gasteiger partial charge in [-0.15, -0.1) is 0 Å². The molecule has 1 nitrogen and oxygen atoms in total. The van der Waals surface area contributed by atoms with Crippen molar-refractivity contribution in [2.45, 2.75) is 6.54 Å². The molecular weight excluding hydrogens is 433 g/mol. The largest absolute Gasteiger partial charge is 0.673 e. The van der Waals surface area contributed by atoms with Crippen molar-refractivity contribution in [1.82, 2.24) is 0 Å². The molecule has 0 bridgehead atoms. The smallest absolute Gasteiger partial charge is 0.418 e. The van der Waals surface area contributed by atoms with Crippen molar-refractivity contribution < 1.29 is 21.8 Å². The highest BCUT2D eigenvalue weighted by atomic mass is 32.1. The first-order chi connectivity index (χ1) is 15.4. The van der Waals surface area contributed by atoms with Crippen LogP contribution in [0.1, 0.15) is 0 Å². The van der Waals surface area contributed by atoms with Gasteiger partial charge in [-0.2, -0.15) is 17.2 Å². The fourth-order valence-electron chi connectivity index (χ4n) is 3.46. The van der Waals surface area contributed by atoms with E-state index in [1.807, 2.05) is 0 Å². The molecule has 7 heteroatoms. The van der Waals surface area contributed by atoms with E-state index in [1.54, 1.807) is 0 Å². The Morgan fingerprint density at radius 3 is 1.25 bits per heavy atom. The third kappa shape index (κ3) is 6.72. The Kier molecular flexibility index (Phi) is 8.11. The Labute approximate surface area is 190 Å². The summed E-state index contributed by atoms with van der Waals surface area (Å²) in [5.41, 5.74) is 7.31. The van der Waals surface area contributed by atoms with Gasteiger partial charge in [-0.05, 0) is 35.4 Å². The highest BCUT2D eigenvalue weighted by molar-refractivity contribution is 7.80. The first-order valence-electron chi connectivity index (χ1n) is 10.1. The molecule has 0 radical (unpaired) electrons. The predicted molar refractivity (Wildman–Crippen MR) is 127 cm³/mol. The van der Waals surface area contributed by atoms with Crippen LogP contribution < -0.4 is 4.57 Å². The van der Waals surface area contributed by atoms with E-state index in [9.17, 15) is 17.3 Å². The number of rotatable bonds is 5. The van der Waals surface area contributed by atoms with E-state index in [-0.39, 0.29) is 0 Å². The topological polar surface area (TPSA) is 3.88 Å². The standard InChI is InChI=1S/C25H21NS.BF4/c27-17-16-26-24(21-12-6-2-7-13-21)18-23(20-10-4-1-5-11-20)19-25(26)22-14-8-3-9-15-22;2-1(3,4)5/h1-15,18-19H,16-17H2;/q;-1/p+1. The zero-order valence-electron chi connectivity index (χ0n) is 17.2. The molecule has 0 atom stereocenters. The maximum absolute atomic E-state index is 9.75. The van der Waals surface area contributed by atoms with Crippen molar-refractivity contribution in [3.63, 3.8) is 0 Å². The fraction of sp³-hybridized carbons (Fsp3) is 0.0800. The maximum Gasteiger partial charge on any atom is 0.673 e. The number of thiol groups is 1. The molecule has 0 saturated carbocycles. The third-order valence-corrected chi connectivity index (χ3v) is 4.94. The average molecular weight is 455 g/mol. The Balaban J connectivity index is 0.000000523.